The predicted molar refractivity (Wildman–Crippen MR) is 138 cm³/mol. The second-order valence-corrected chi connectivity index (χ2v) is 10.8. The highest BCUT2D eigenvalue weighted by Crippen LogP contribution is 2.27. The quantitative estimate of drug-likeness (QED) is 0.374. The summed E-state index contributed by atoms with van der Waals surface area (Å²) in [7, 11) is -3.61. The van der Waals surface area contributed by atoms with Crippen LogP contribution in [0.25, 0.3) is 6.08 Å². The van der Waals surface area contributed by atoms with Gasteiger partial charge < -0.3 is 15.7 Å². The summed E-state index contributed by atoms with van der Waals surface area (Å²) in [5.41, 5.74) is 3.06. The summed E-state index contributed by atoms with van der Waals surface area (Å²) in [5.74, 6) is -2.14. The third-order valence-corrected chi connectivity index (χ3v) is 7.71. The number of aliphatic hydroxyl groups is 1. The summed E-state index contributed by atoms with van der Waals surface area (Å²) in [5, 5.41) is 17.9. The standard InChI is InChI=1S/C28H28F2N2O4S/c1-2-18-4-3-5-19(10-18)16-31-17-26(33)25(13-20-11-23(29)15-24(30)12-20)32-28(34)22-7-6-21-8-9-37(35,36)27(21)14-22/h3-12,14-15,25-26,31,33H,2,13,16-17H2,1H3,(H,32,34)/t25-,26+/m0/s1. The molecule has 194 valence electrons. The number of carbonyl (C=O) groups excluding carboxylic acids is 1. The van der Waals surface area contributed by atoms with Gasteiger partial charge in [0.1, 0.15) is 11.6 Å². The van der Waals surface area contributed by atoms with E-state index in [0.717, 1.165) is 35.6 Å². The Balaban J connectivity index is 1.50. The summed E-state index contributed by atoms with van der Waals surface area (Å²) in [6, 6.07) is 14.4. The van der Waals surface area contributed by atoms with Crippen molar-refractivity contribution in [2.24, 2.45) is 0 Å². The molecule has 1 aliphatic heterocycles. The molecular weight excluding hydrogens is 498 g/mol. The Labute approximate surface area is 215 Å². The lowest BCUT2D eigenvalue weighted by Crippen LogP contribution is -2.48. The Bertz CT molecular complexity index is 1420. The van der Waals surface area contributed by atoms with Gasteiger partial charge in [-0.25, -0.2) is 17.2 Å². The maximum absolute atomic E-state index is 13.8. The van der Waals surface area contributed by atoms with Crippen LogP contribution in [0.4, 0.5) is 8.78 Å². The van der Waals surface area contributed by atoms with Crippen LogP contribution in [0, 0.1) is 11.6 Å². The molecule has 1 amide bonds. The average molecular weight is 527 g/mol. The zero-order valence-corrected chi connectivity index (χ0v) is 21.1. The Morgan fingerprint density at radius 3 is 2.43 bits per heavy atom. The fraction of sp³-hybridized carbons (Fsp3) is 0.250. The number of hydrogen-bond donors (Lipinski definition) is 3. The third kappa shape index (κ3) is 6.68. The Morgan fingerprint density at radius 2 is 1.70 bits per heavy atom. The van der Waals surface area contributed by atoms with Gasteiger partial charge in [0.15, 0.2) is 9.84 Å². The van der Waals surface area contributed by atoms with E-state index >= 15 is 0 Å². The van der Waals surface area contributed by atoms with E-state index in [4.69, 9.17) is 0 Å². The van der Waals surface area contributed by atoms with E-state index in [-0.39, 0.29) is 29.0 Å². The van der Waals surface area contributed by atoms with Crippen LogP contribution < -0.4 is 10.6 Å². The lowest BCUT2D eigenvalue weighted by atomic mass is 9.99. The summed E-state index contributed by atoms with van der Waals surface area (Å²) < 4.78 is 52.0. The fourth-order valence-corrected chi connectivity index (χ4v) is 5.51. The van der Waals surface area contributed by atoms with Crippen LogP contribution >= 0.6 is 0 Å². The number of nitrogens with one attached hydrogen (secondary N) is 2. The molecule has 3 aromatic rings. The molecule has 1 heterocycles. The molecule has 0 bridgehead atoms. The smallest absolute Gasteiger partial charge is 0.251 e. The van der Waals surface area contributed by atoms with E-state index < -0.39 is 39.5 Å². The van der Waals surface area contributed by atoms with E-state index in [0.29, 0.717) is 12.1 Å². The van der Waals surface area contributed by atoms with Crippen LogP contribution in [0.15, 0.2) is 71.0 Å². The van der Waals surface area contributed by atoms with Crippen molar-refractivity contribution >= 4 is 21.8 Å². The van der Waals surface area contributed by atoms with Gasteiger partial charge in [-0.1, -0.05) is 37.3 Å². The molecule has 0 spiro atoms. The first-order valence-corrected chi connectivity index (χ1v) is 13.5. The van der Waals surface area contributed by atoms with Gasteiger partial charge >= 0.3 is 0 Å². The minimum absolute atomic E-state index is 0.0282. The van der Waals surface area contributed by atoms with Crippen LogP contribution in [0.1, 0.15) is 39.5 Å². The van der Waals surface area contributed by atoms with E-state index in [1.165, 1.54) is 29.8 Å². The first-order chi connectivity index (χ1) is 17.6. The van der Waals surface area contributed by atoms with Crippen LogP contribution in [-0.4, -0.2) is 38.1 Å². The number of halogens is 2. The van der Waals surface area contributed by atoms with Gasteiger partial charge in [0.2, 0.25) is 0 Å². The van der Waals surface area contributed by atoms with Crippen LogP contribution in [-0.2, 0) is 29.2 Å². The van der Waals surface area contributed by atoms with Gasteiger partial charge in [-0.3, -0.25) is 4.79 Å². The highest BCUT2D eigenvalue weighted by molar-refractivity contribution is 7.94. The Morgan fingerprint density at radius 1 is 0.973 bits per heavy atom. The molecule has 0 saturated heterocycles. The minimum Gasteiger partial charge on any atom is -0.390 e. The lowest BCUT2D eigenvalue weighted by molar-refractivity contribution is 0.0829. The summed E-state index contributed by atoms with van der Waals surface area (Å²) in [4.78, 5) is 13.1. The number of aryl methyl sites for hydroxylation is 1. The first kappa shape index (κ1) is 26.7. The first-order valence-electron chi connectivity index (χ1n) is 11.9. The number of hydrogen-bond acceptors (Lipinski definition) is 5. The van der Waals surface area contributed by atoms with Gasteiger partial charge in [0.25, 0.3) is 5.91 Å². The van der Waals surface area contributed by atoms with Crippen molar-refractivity contribution < 1.29 is 27.1 Å². The van der Waals surface area contributed by atoms with Gasteiger partial charge in [0, 0.05) is 30.1 Å². The molecule has 2 atom stereocenters. The van der Waals surface area contributed by atoms with Gasteiger partial charge in [-0.15, -0.1) is 0 Å². The van der Waals surface area contributed by atoms with Crippen molar-refractivity contribution in [3.05, 3.63) is 106 Å². The molecule has 3 N–H and O–H groups in total. The lowest BCUT2D eigenvalue weighted by Gasteiger charge is -2.25. The molecule has 1 aliphatic rings. The zero-order chi connectivity index (χ0) is 26.6. The fourth-order valence-electron chi connectivity index (χ4n) is 4.28. The summed E-state index contributed by atoms with van der Waals surface area (Å²) in [6.07, 6.45) is 1.21. The molecular formula is C28H28F2N2O4S. The van der Waals surface area contributed by atoms with Crippen molar-refractivity contribution in [1.29, 1.82) is 0 Å². The van der Waals surface area contributed by atoms with Crippen molar-refractivity contribution in [3.8, 4) is 0 Å². The van der Waals surface area contributed by atoms with Crippen LogP contribution in [0.2, 0.25) is 0 Å². The zero-order valence-electron chi connectivity index (χ0n) is 20.2. The number of amides is 1. The number of carbonyl (C=O) groups is 1. The van der Waals surface area contributed by atoms with Crippen molar-refractivity contribution in [2.45, 2.75) is 43.4 Å². The molecule has 0 fully saturated rings. The van der Waals surface area contributed by atoms with E-state index in [1.54, 1.807) is 0 Å². The second-order valence-electron chi connectivity index (χ2n) is 9.03. The second kappa shape index (κ2) is 11.3. The molecule has 0 unspecified atom stereocenters. The molecule has 6 nitrogen and oxygen atoms in total. The highest BCUT2D eigenvalue weighted by atomic mass is 32.2. The predicted octanol–water partition coefficient (Wildman–Crippen LogP) is 3.78. The van der Waals surface area contributed by atoms with Gasteiger partial charge in [0.05, 0.1) is 17.0 Å². The van der Waals surface area contributed by atoms with Gasteiger partial charge in [-0.05, 0) is 65.4 Å². The van der Waals surface area contributed by atoms with E-state index in [1.807, 2.05) is 18.2 Å². The van der Waals surface area contributed by atoms with Crippen LogP contribution in [0.3, 0.4) is 0 Å². The molecule has 0 saturated carbocycles. The maximum Gasteiger partial charge on any atom is 0.251 e. The molecule has 9 heteroatoms. The largest absolute Gasteiger partial charge is 0.390 e. The topological polar surface area (TPSA) is 95.5 Å². The number of rotatable bonds is 10. The van der Waals surface area contributed by atoms with Crippen molar-refractivity contribution in [3.63, 3.8) is 0 Å². The number of aliphatic hydroxyl groups excluding tert-OH is 1. The Hall–Kier alpha value is -3.40. The van der Waals surface area contributed by atoms with E-state index in [2.05, 4.69) is 23.6 Å². The molecule has 4 rings (SSSR count). The molecule has 37 heavy (non-hydrogen) atoms. The van der Waals surface area contributed by atoms with Crippen LogP contribution in [0.5, 0.6) is 0 Å². The SMILES string of the molecule is CCc1cccc(CNC[C@@H](O)[C@H](Cc2cc(F)cc(F)c2)NC(=O)c2ccc3c(c2)S(=O)(=O)C=C3)c1. The van der Waals surface area contributed by atoms with Crippen molar-refractivity contribution in [1.82, 2.24) is 10.6 Å². The number of fused-ring (bicyclic) bond motifs is 1. The summed E-state index contributed by atoms with van der Waals surface area (Å²) in [6.45, 7) is 2.64. The highest BCUT2D eigenvalue weighted by Gasteiger charge is 2.26. The normalized spacial score (nSPS) is 15.2. The molecule has 0 radical (unpaired) electrons. The summed E-state index contributed by atoms with van der Waals surface area (Å²) >= 11 is 0. The number of sulfone groups is 1. The van der Waals surface area contributed by atoms with Gasteiger partial charge in [-0.2, -0.15) is 0 Å². The van der Waals surface area contributed by atoms with Crippen molar-refractivity contribution in [2.75, 3.05) is 6.54 Å². The molecule has 3 aromatic carbocycles. The third-order valence-electron chi connectivity index (χ3n) is 6.25. The number of benzene rings is 3. The van der Waals surface area contributed by atoms with E-state index in [9.17, 15) is 27.1 Å². The molecule has 0 aliphatic carbocycles. The minimum atomic E-state index is -3.61. The Kier molecular flexibility index (Phi) is 8.16. The monoisotopic (exact) mass is 526 g/mol. The maximum atomic E-state index is 13.8. The molecule has 0 aromatic heterocycles. The average Bonchev–Trinajstić information content (AvgIpc) is 3.17.